The lowest BCUT2D eigenvalue weighted by molar-refractivity contribution is -0.112. The van der Waals surface area contributed by atoms with Crippen molar-refractivity contribution in [1.82, 2.24) is 0 Å². The van der Waals surface area contributed by atoms with Crippen LogP contribution in [0, 0.1) is 11.3 Å². The van der Waals surface area contributed by atoms with Crippen LogP contribution in [0.2, 0.25) is 5.02 Å². The number of carbonyl (C=O) groups excluding carboxylic acids is 1. The minimum absolute atomic E-state index is 0.0949. The van der Waals surface area contributed by atoms with Gasteiger partial charge in [-0.25, -0.2) is 0 Å². The summed E-state index contributed by atoms with van der Waals surface area (Å²) >= 11 is 9.05. The number of nitriles is 1. The molecule has 0 fully saturated rings. The van der Waals surface area contributed by atoms with Gasteiger partial charge in [0.1, 0.15) is 23.1 Å². The third-order valence-electron chi connectivity index (χ3n) is 3.14. The highest BCUT2D eigenvalue weighted by molar-refractivity contribution is 9.10. The van der Waals surface area contributed by atoms with E-state index in [4.69, 9.17) is 16.3 Å². The molecule has 2 rings (SSSR count). The molecule has 2 aromatic rings. The highest BCUT2D eigenvalue weighted by Crippen LogP contribution is 2.33. The number of rotatable bonds is 5. The number of carbonyl (C=O) groups is 1. The Hall–Kier alpha value is -2.49. The van der Waals surface area contributed by atoms with Gasteiger partial charge < -0.3 is 15.2 Å². The molecule has 25 heavy (non-hydrogen) atoms. The molecule has 0 heterocycles. The van der Waals surface area contributed by atoms with Crippen LogP contribution in [-0.4, -0.2) is 17.6 Å². The van der Waals surface area contributed by atoms with Crippen molar-refractivity contribution in [2.75, 3.05) is 11.9 Å². The molecular weight excluding hydrogens is 408 g/mol. The fourth-order valence-electron chi connectivity index (χ4n) is 1.98. The van der Waals surface area contributed by atoms with E-state index in [-0.39, 0.29) is 16.3 Å². The fraction of sp³-hybridized carbons (Fsp3) is 0.111. The van der Waals surface area contributed by atoms with E-state index in [1.807, 2.05) is 13.0 Å². The zero-order valence-corrected chi connectivity index (χ0v) is 15.6. The molecule has 0 aliphatic carbocycles. The summed E-state index contributed by atoms with van der Waals surface area (Å²) in [5.41, 5.74) is 0.954. The van der Waals surface area contributed by atoms with Crippen molar-refractivity contribution >= 4 is 45.2 Å². The van der Waals surface area contributed by atoms with Crippen molar-refractivity contribution < 1.29 is 14.6 Å². The molecule has 0 spiro atoms. The van der Waals surface area contributed by atoms with Crippen molar-refractivity contribution in [3.63, 3.8) is 0 Å². The number of hydrogen-bond donors (Lipinski definition) is 2. The molecule has 2 aromatic carbocycles. The minimum Gasteiger partial charge on any atom is -0.505 e. The number of benzene rings is 2. The van der Waals surface area contributed by atoms with Crippen molar-refractivity contribution in [2.45, 2.75) is 6.92 Å². The lowest BCUT2D eigenvalue weighted by Gasteiger charge is -2.07. The second-order valence-corrected chi connectivity index (χ2v) is 6.18. The Balaban J connectivity index is 2.19. The molecule has 0 atom stereocenters. The van der Waals surface area contributed by atoms with Gasteiger partial charge in [0.15, 0.2) is 0 Å². The van der Waals surface area contributed by atoms with Crippen LogP contribution in [0.25, 0.3) is 6.08 Å². The summed E-state index contributed by atoms with van der Waals surface area (Å²) in [7, 11) is 0. The van der Waals surface area contributed by atoms with Crippen LogP contribution in [-0.2, 0) is 4.79 Å². The Morgan fingerprint density at radius 2 is 2.08 bits per heavy atom. The monoisotopic (exact) mass is 420 g/mol. The topological polar surface area (TPSA) is 82.3 Å². The van der Waals surface area contributed by atoms with Crippen molar-refractivity contribution in [2.24, 2.45) is 0 Å². The molecule has 0 aliphatic heterocycles. The molecule has 128 valence electrons. The predicted octanol–water partition coefficient (Wildman–Crippen LogP) is 4.75. The van der Waals surface area contributed by atoms with Gasteiger partial charge in [-0.05, 0) is 70.9 Å². The van der Waals surface area contributed by atoms with E-state index >= 15 is 0 Å². The van der Waals surface area contributed by atoms with Gasteiger partial charge in [0.25, 0.3) is 5.91 Å². The Bertz CT molecular complexity index is 835. The maximum Gasteiger partial charge on any atom is 0.266 e. The molecule has 0 saturated carbocycles. The number of anilines is 1. The highest BCUT2D eigenvalue weighted by Gasteiger charge is 2.11. The lowest BCUT2D eigenvalue weighted by atomic mass is 10.1. The van der Waals surface area contributed by atoms with Gasteiger partial charge in [-0.1, -0.05) is 11.6 Å². The van der Waals surface area contributed by atoms with Gasteiger partial charge in [0.2, 0.25) is 0 Å². The molecule has 0 saturated heterocycles. The van der Waals surface area contributed by atoms with Gasteiger partial charge in [-0.3, -0.25) is 4.79 Å². The number of nitrogens with one attached hydrogen (secondary N) is 1. The first-order valence-corrected chi connectivity index (χ1v) is 8.45. The first-order chi connectivity index (χ1) is 11.9. The Kier molecular flexibility index (Phi) is 6.45. The van der Waals surface area contributed by atoms with Gasteiger partial charge in [0, 0.05) is 5.69 Å². The maximum atomic E-state index is 12.3. The number of nitrogens with zero attached hydrogens (tertiary/aromatic N) is 1. The third kappa shape index (κ3) is 4.99. The summed E-state index contributed by atoms with van der Waals surface area (Å²) in [6, 6.07) is 11.7. The molecule has 0 unspecified atom stereocenters. The summed E-state index contributed by atoms with van der Waals surface area (Å²) in [5, 5.41) is 21.6. The standard InChI is InChI=1S/C18H14BrClN2O3/c1-2-25-14-5-3-13(4-6-14)22-18(24)12(10-21)7-11-8-15(19)17(23)16(20)9-11/h3-9,23H,2H2,1H3,(H,22,24)/b12-7-. The Morgan fingerprint density at radius 3 is 2.64 bits per heavy atom. The van der Waals surface area contributed by atoms with Gasteiger partial charge in [0.05, 0.1) is 16.1 Å². The first kappa shape index (κ1) is 18.8. The summed E-state index contributed by atoms with van der Waals surface area (Å²) < 4.78 is 5.70. The number of aromatic hydroxyl groups is 1. The number of amides is 1. The summed E-state index contributed by atoms with van der Waals surface area (Å²) in [5.74, 6) is 0.0447. The SMILES string of the molecule is CCOc1ccc(NC(=O)/C(C#N)=C\c2cc(Cl)c(O)c(Br)c2)cc1. The predicted molar refractivity (Wildman–Crippen MR) is 101 cm³/mol. The first-order valence-electron chi connectivity index (χ1n) is 7.28. The molecule has 5 nitrogen and oxygen atoms in total. The number of phenols is 1. The number of halogens is 2. The molecule has 0 bridgehead atoms. The smallest absolute Gasteiger partial charge is 0.266 e. The van der Waals surface area contributed by atoms with Crippen LogP contribution in [0.1, 0.15) is 12.5 Å². The zero-order chi connectivity index (χ0) is 18.4. The van der Waals surface area contributed by atoms with Gasteiger partial charge >= 0.3 is 0 Å². The van der Waals surface area contributed by atoms with Crippen molar-refractivity contribution in [3.05, 3.63) is 57.0 Å². The van der Waals surface area contributed by atoms with Crippen LogP contribution < -0.4 is 10.1 Å². The van der Waals surface area contributed by atoms with E-state index in [1.165, 1.54) is 12.1 Å². The molecule has 0 radical (unpaired) electrons. The summed E-state index contributed by atoms with van der Waals surface area (Å²) in [6.45, 7) is 2.44. The number of phenolic OH excluding ortho intramolecular Hbond substituents is 1. The molecule has 1 amide bonds. The molecule has 0 aliphatic rings. The van der Waals surface area contributed by atoms with Crippen LogP contribution >= 0.6 is 27.5 Å². The molecular formula is C18H14BrClN2O3. The van der Waals surface area contributed by atoms with E-state index in [0.717, 1.165) is 0 Å². The molecule has 7 heteroatoms. The van der Waals surface area contributed by atoms with Crippen LogP contribution in [0.3, 0.4) is 0 Å². The number of hydrogen-bond acceptors (Lipinski definition) is 4. The fourth-order valence-corrected chi connectivity index (χ4v) is 2.80. The second-order valence-electron chi connectivity index (χ2n) is 4.91. The third-order valence-corrected chi connectivity index (χ3v) is 4.03. The van der Waals surface area contributed by atoms with E-state index in [9.17, 15) is 15.2 Å². The average Bonchev–Trinajstić information content (AvgIpc) is 2.59. The Morgan fingerprint density at radius 1 is 1.40 bits per heavy atom. The minimum atomic E-state index is -0.549. The highest BCUT2D eigenvalue weighted by atomic mass is 79.9. The largest absolute Gasteiger partial charge is 0.505 e. The van der Waals surface area contributed by atoms with Crippen molar-refractivity contribution in [3.8, 4) is 17.6 Å². The maximum absolute atomic E-state index is 12.3. The second kappa shape index (κ2) is 8.56. The zero-order valence-electron chi connectivity index (χ0n) is 13.2. The van der Waals surface area contributed by atoms with E-state index in [0.29, 0.717) is 28.1 Å². The quantitative estimate of drug-likeness (QED) is 0.539. The van der Waals surface area contributed by atoms with Gasteiger partial charge in [-0.2, -0.15) is 5.26 Å². The normalized spacial score (nSPS) is 10.9. The van der Waals surface area contributed by atoms with E-state index in [1.54, 1.807) is 30.3 Å². The van der Waals surface area contributed by atoms with E-state index in [2.05, 4.69) is 21.2 Å². The average molecular weight is 422 g/mol. The Labute approximate surface area is 158 Å². The van der Waals surface area contributed by atoms with Crippen LogP contribution in [0.5, 0.6) is 11.5 Å². The van der Waals surface area contributed by atoms with Gasteiger partial charge in [-0.15, -0.1) is 0 Å². The lowest BCUT2D eigenvalue weighted by Crippen LogP contribution is -2.13. The van der Waals surface area contributed by atoms with Crippen molar-refractivity contribution in [1.29, 1.82) is 5.26 Å². The van der Waals surface area contributed by atoms with E-state index < -0.39 is 5.91 Å². The van der Waals surface area contributed by atoms with Crippen LogP contribution in [0.4, 0.5) is 5.69 Å². The molecule has 2 N–H and O–H groups in total. The van der Waals surface area contributed by atoms with Crippen LogP contribution in [0.15, 0.2) is 46.4 Å². The molecule has 0 aromatic heterocycles. The summed E-state index contributed by atoms with van der Waals surface area (Å²) in [6.07, 6.45) is 1.39. The summed E-state index contributed by atoms with van der Waals surface area (Å²) in [4.78, 5) is 12.3. The number of ether oxygens (including phenoxy) is 1.